The lowest BCUT2D eigenvalue weighted by Crippen LogP contribution is -2.15. The first-order valence-electron chi connectivity index (χ1n) is 16.4. The Labute approximate surface area is 273 Å². The fraction of sp³-hybridized carbons (Fsp3) is 0.209. The highest BCUT2D eigenvalue weighted by molar-refractivity contribution is 5.83. The second-order valence-corrected chi connectivity index (χ2v) is 13.2. The van der Waals surface area contributed by atoms with Crippen LogP contribution in [0.5, 0.6) is 5.75 Å². The van der Waals surface area contributed by atoms with Gasteiger partial charge in [0.15, 0.2) is 0 Å². The molecule has 0 saturated carbocycles. The van der Waals surface area contributed by atoms with Crippen molar-refractivity contribution in [2.45, 2.75) is 51.4 Å². The lowest BCUT2D eigenvalue weighted by atomic mass is 9.80. The summed E-state index contributed by atoms with van der Waals surface area (Å²) in [5.41, 5.74) is 28.5. The number of allylic oxidation sites excluding steroid dienone is 7. The maximum Gasteiger partial charge on any atom is 0.142 e. The monoisotopic (exact) mass is 602 g/mol. The predicted molar refractivity (Wildman–Crippen MR) is 194 cm³/mol. The molecule has 0 heterocycles. The van der Waals surface area contributed by atoms with E-state index in [9.17, 15) is 0 Å². The molecule has 0 radical (unpaired) electrons. The molecule has 7 rings (SSSR count). The van der Waals surface area contributed by atoms with E-state index in [1.54, 1.807) is 0 Å². The number of benzene rings is 4. The van der Waals surface area contributed by atoms with Crippen LogP contribution in [0, 0.1) is 0 Å². The molecule has 230 valence electrons. The van der Waals surface area contributed by atoms with Crippen LogP contribution in [0.1, 0.15) is 72.1 Å². The van der Waals surface area contributed by atoms with E-state index in [0.717, 1.165) is 49.1 Å². The molecule has 46 heavy (non-hydrogen) atoms. The third-order valence-corrected chi connectivity index (χ3v) is 9.80. The Morgan fingerprint density at radius 2 is 1.70 bits per heavy atom. The second kappa shape index (κ2) is 12.4. The normalized spacial score (nSPS) is 16.4. The number of nitrogens with two attached hydrogens (primary N) is 2. The number of rotatable bonds is 8. The van der Waals surface area contributed by atoms with Gasteiger partial charge in [-0.05, 0) is 124 Å². The van der Waals surface area contributed by atoms with Gasteiger partial charge in [-0.25, -0.2) is 0 Å². The van der Waals surface area contributed by atoms with Gasteiger partial charge >= 0.3 is 0 Å². The number of anilines is 1. The lowest BCUT2D eigenvalue weighted by molar-refractivity contribution is 0.349. The molecule has 0 saturated heterocycles. The Bertz CT molecular complexity index is 1970. The van der Waals surface area contributed by atoms with E-state index in [2.05, 4.69) is 105 Å². The molecule has 4 N–H and O–H groups in total. The Balaban J connectivity index is 1.03. The maximum absolute atomic E-state index is 6.45. The van der Waals surface area contributed by atoms with E-state index in [1.807, 2.05) is 30.3 Å². The number of aryl methyl sites for hydroxylation is 1. The lowest BCUT2D eigenvalue weighted by Gasteiger charge is -2.23. The van der Waals surface area contributed by atoms with Gasteiger partial charge in [0.1, 0.15) is 12.4 Å². The molecule has 0 bridgehead atoms. The van der Waals surface area contributed by atoms with Crippen molar-refractivity contribution in [3.05, 3.63) is 160 Å². The van der Waals surface area contributed by atoms with E-state index >= 15 is 0 Å². The number of nitrogen functional groups attached to an aromatic ring is 1. The van der Waals surface area contributed by atoms with E-state index in [0.29, 0.717) is 12.3 Å². The maximum atomic E-state index is 6.45. The summed E-state index contributed by atoms with van der Waals surface area (Å²) in [6, 6.07) is 28.2. The summed E-state index contributed by atoms with van der Waals surface area (Å²) in [7, 11) is 0. The minimum absolute atomic E-state index is 0.0634. The zero-order chi connectivity index (χ0) is 31.7. The van der Waals surface area contributed by atoms with Crippen LogP contribution >= 0.6 is 0 Å². The molecule has 0 fully saturated rings. The molecule has 3 aliphatic rings. The van der Waals surface area contributed by atoms with Crippen molar-refractivity contribution in [2.24, 2.45) is 5.73 Å². The average Bonchev–Trinajstić information content (AvgIpc) is 3.31. The zero-order valence-electron chi connectivity index (χ0n) is 26.9. The average molecular weight is 603 g/mol. The molecule has 0 unspecified atom stereocenters. The van der Waals surface area contributed by atoms with Gasteiger partial charge in [-0.1, -0.05) is 105 Å². The van der Waals surface area contributed by atoms with Gasteiger partial charge in [-0.2, -0.15) is 0 Å². The summed E-state index contributed by atoms with van der Waals surface area (Å²) >= 11 is 0. The highest BCUT2D eigenvalue weighted by atomic mass is 16.5. The molecule has 0 aromatic heterocycles. The molecule has 0 amide bonds. The van der Waals surface area contributed by atoms with Gasteiger partial charge in [0.05, 0.1) is 5.69 Å². The molecular formula is C43H42N2O. The summed E-state index contributed by atoms with van der Waals surface area (Å²) in [5, 5.41) is 0. The van der Waals surface area contributed by atoms with Crippen LogP contribution < -0.4 is 16.2 Å². The first kappa shape index (κ1) is 29.7. The zero-order valence-corrected chi connectivity index (χ0v) is 26.9. The molecule has 0 atom stereocenters. The van der Waals surface area contributed by atoms with Gasteiger partial charge in [0.2, 0.25) is 0 Å². The van der Waals surface area contributed by atoms with E-state index in [4.69, 9.17) is 16.2 Å². The summed E-state index contributed by atoms with van der Waals surface area (Å²) in [6.45, 7) is 5.29. The quantitative estimate of drug-likeness (QED) is 0.156. The van der Waals surface area contributed by atoms with Crippen molar-refractivity contribution >= 4 is 23.0 Å². The van der Waals surface area contributed by atoms with E-state index in [-0.39, 0.29) is 5.41 Å². The molecular weight excluding hydrogens is 560 g/mol. The second-order valence-electron chi connectivity index (χ2n) is 13.2. The fourth-order valence-electron chi connectivity index (χ4n) is 7.02. The van der Waals surface area contributed by atoms with Crippen molar-refractivity contribution in [1.82, 2.24) is 0 Å². The summed E-state index contributed by atoms with van der Waals surface area (Å²) in [4.78, 5) is 0. The predicted octanol–water partition coefficient (Wildman–Crippen LogP) is 9.82. The highest BCUT2D eigenvalue weighted by Gasteiger charge is 2.35. The molecule has 3 nitrogen and oxygen atoms in total. The number of hydrogen-bond acceptors (Lipinski definition) is 3. The fourth-order valence-corrected chi connectivity index (χ4v) is 7.02. The van der Waals surface area contributed by atoms with E-state index < -0.39 is 0 Å². The third kappa shape index (κ3) is 5.86. The standard InChI is InChI=1S/C43H42N2O/c1-43(2)38-25-29(9-3-6-12-40(44)35-21-20-31-10-4-5-11-33(31)26-35)17-23-36(38)37-24-22-34(27-39(37)43)32-18-15-30(16-19-32)28-46-42-14-8-7-13-41(42)45/h3-4,6-8,10,12-15,17-18,20-27H,5,9,11,16,19,28,44-45H2,1-2H3/b6-3-,40-12-. The third-order valence-electron chi connectivity index (χ3n) is 9.80. The Morgan fingerprint density at radius 1 is 0.870 bits per heavy atom. The van der Waals surface area contributed by atoms with Gasteiger partial charge in [-0.3, -0.25) is 0 Å². The number of ether oxygens (including phenoxy) is 1. The summed E-state index contributed by atoms with van der Waals surface area (Å²) in [6.07, 6.45) is 20.3. The molecule has 3 aliphatic carbocycles. The van der Waals surface area contributed by atoms with Gasteiger partial charge < -0.3 is 16.2 Å². The minimum atomic E-state index is -0.0634. The number of para-hydroxylation sites is 2. The Hall–Kier alpha value is -5.02. The van der Waals surface area contributed by atoms with E-state index in [1.165, 1.54) is 55.7 Å². The van der Waals surface area contributed by atoms with Crippen LogP contribution in [0.25, 0.3) is 28.5 Å². The van der Waals surface area contributed by atoms with Gasteiger partial charge in [-0.15, -0.1) is 0 Å². The highest BCUT2D eigenvalue weighted by Crippen LogP contribution is 2.50. The molecule has 4 aromatic carbocycles. The number of fused-ring (bicyclic) bond motifs is 4. The number of hydrogen-bond donors (Lipinski definition) is 2. The molecule has 4 aromatic rings. The van der Waals surface area contributed by atoms with Gasteiger partial charge in [0.25, 0.3) is 0 Å². The van der Waals surface area contributed by atoms with Crippen LogP contribution in [-0.4, -0.2) is 6.61 Å². The van der Waals surface area contributed by atoms with Crippen LogP contribution in [-0.2, 0) is 18.3 Å². The topological polar surface area (TPSA) is 61.3 Å². The molecule has 0 spiro atoms. The summed E-state index contributed by atoms with van der Waals surface area (Å²) < 4.78 is 5.99. The van der Waals surface area contributed by atoms with Crippen LogP contribution in [0.2, 0.25) is 0 Å². The SMILES string of the molecule is CC1(C)c2cc(C/C=C\C=C(/N)c3ccc4c(c3)CCC=C4)ccc2-c2ccc(C3=CC=C(COc4ccccc4N)CC3)cc21. The van der Waals surface area contributed by atoms with Crippen molar-refractivity contribution in [1.29, 1.82) is 0 Å². The first-order valence-corrected chi connectivity index (χ1v) is 16.4. The van der Waals surface area contributed by atoms with Crippen molar-refractivity contribution in [3.8, 4) is 16.9 Å². The van der Waals surface area contributed by atoms with Crippen LogP contribution in [0.3, 0.4) is 0 Å². The van der Waals surface area contributed by atoms with Crippen LogP contribution in [0.4, 0.5) is 5.69 Å². The van der Waals surface area contributed by atoms with Crippen molar-refractivity contribution < 1.29 is 4.74 Å². The first-order chi connectivity index (χ1) is 22.4. The minimum Gasteiger partial charge on any atom is -0.487 e. The Kier molecular flexibility index (Phi) is 8.00. The van der Waals surface area contributed by atoms with Crippen molar-refractivity contribution in [2.75, 3.05) is 12.3 Å². The molecule has 0 aliphatic heterocycles. The molecule has 3 heteroatoms. The van der Waals surface area contributed by atoms with Crippen LogP contribution in [0.15, 0.2) is 121 Å². The summed E-state index contributed by atoms with van der Waals surface area (Å²) in [5.74, 6) is 0.748. The smallest absolute Gasteiger partial charge is 0.142 e. The largest absolute Gasteiger partial charge is 0.487 e. The van der Waals surface area contributed by atoms with Gasteiger partial charge in [0, 0.05) is 11.1 Å². The Morgan fingerprint density at radius 3 is 2.52 bits per heavy atom. The van der Waals surface area contributed by atoms with Crippen molar-refractivity contribution in [3.63, 3.8) is 0 Å².